The molecule has 0 spiro atoms. The van der Waals surface area contributed by atoms with Crippen molar-refractivity contribution >= 4 is 40.0 Å². The highest BCUT2D eigenvalue weighted by atomic mass is 127. The summed E-state index contributed by atoms with van der Waals surface area (Å²) in [6.07, 6.45) is 4.00. The van der Waals surface area contributed by atoms with Crippen molar-refractivity contribution in [1.82, 2.24) is 19.9 Å². The second-order valence-electron chi connectivity index (χ2n) is 5.56. The van der Waals surface area contributed by atoms with Crippen LogP contribution in [0, 0.1) is 6.92 Å². The van der Waals surface area contributed by atoms with Crippen LogP contribution in [0.15, 0.2) is 58.7 Å². The molecule has 1 aromatic heterocycles. The van der Waals surface area contributed by atoms with Crippen molar-refractivity contribution in [3.8, 4) is 0 Å². The van der Waals surface area contributed by atoms with E-state index in [0.29, 0.717) is 12.5 Å². The Hall–Kier alpha value is -1.59. The summed E-state index contributed by atoms with van der Waals surface area (Å²) in [6, 6.07) is 10.7. The Balaban J connectivity index is 0.00000338. The lowest BCUT2D eigenvalue weighted by atomic mass is 10.2. The number of benzene rings is 1. The number of halogens is 1. The van der Waals surface area contributed by atoms with Crippen LogP contribution in [-0.4, -0.2) is 45.6 Å². The van der Waals surface area contributed by atoms with Crippen LogP contribution < -0.4 is 15.4 Å². The van der Waals surface area contributed by atoms with Crippen molar-refractivity contribution in [2.24, 2.45) is 4.99 Å². The molecule has 0 unspecified atom stereocenters. The minimum Gasteiger partial charge on any atom is -0.355 e. The highest BCUT2D eigenvalue weighted by Gasteiger charge is 2.12. The third kappa shape index (κ3) is 7.34. The summed E-state index contributed by atoms with van der Waals surface area (Å²) in [5.74, 6) is 0.640. The molecule has 0 atom stereocenters. The predicted molar refractivity (Wildman–Crippen MR) is 116 cm³/mol. The van der Waals surface area contributed by atoms with E-state index in [0.717, 1.165) is 18.7 Å². The summed E-state index contributed by atoms with van der Waals surface area (Å²) in [5.41, 5.74) is 1.02. The largest absolute Gasteiger partial charge is 0.355 e. The molecule has 144 valence electrons. The number of sulfonamides is 1. The Kier molecular flexibility index (Phi) is 9.66. The van der Waals surface area contributed by atoms with Gasteiger partial charge >= 0.3 is 0 Å². The van der Waals surface area contributed by atoms with Crippen LogP contribution in [0.4, 0.5) is 0 Å². The van der Waals surface area contributed by atoms with Crippen molar-refractivity contribution in [3.63, 3.8) is 0 Å². The monoisotopic (exact) mass is 491 g/mol. The molecule has 0 aliphatic heterocycles. The summed E-state index contributed by atoms with van der Waals surface area (Å²) < 4.78 is 29.0. The first kappa shape index (κ1) is 22.5. The summed E-state index contributed by atoms with van der Waals surface area (Å²) in [6.45, 7) is 4.18. The Bertz CT molecular complexity index is 774. The zero-order chi connectivity index (χ0) is 18.1. The van der Waals surface area contributed by atoms with Gasteiger partial charge in [-0.25, -0.2) is 13.1 Å². The quantitative estimate of drug-likeness (QED) is 0.227. The van der Waals surface area contributed by atoms with E-state index in [1.54, 1.807) is 31.3 Å². The topological polar surface area (TPSA) is 87.5 Å². The van der Waals surface area contributed by atoms with Gasteiger partial charge in [0.2, 0.25) is 10.0 Å². The molecular formula is C17H26IN5O2S. The maximum absolute atomic E-state index is 12.2. The van der Waals surface area contributed by atoms with Crippen LogP contribution in [0.2, 0.25) is 0 Å². The van der Waals surface area contributed by atoms with Crippen molar-refractivity contribution in [3.05, 3.63) is 54.4 Å². The Labute approximate surface area is 172 Å². The molecule has 0 fully saturated rings. The van der Waals surface area contributed by atoms with Crippen LogP contribution >= 0.6 is 24.0 Å². The second kappa shape index (κ2) is 11.2. The summed E-state index contributed by atoms with van der Waals surface area (Å²) in [4.78, 5) is 4.39. The Morgan fingerprint density at radius 1 is 1.04 bits per heavy atom. The molecule has 1 heterocycles. The maximum atomic E-state index is 12.2. The lowest BCUT2D eigenvalue weighted by molar-refractivity contribution is 0.580. The minimum absolute atomic E-state index is 0. The van der Waals surface area contributed by atoms with E-state index in [4.69, 9.17) is 0 Å². The average molecular weight is 491 g/mol. The van der Waals surface area contributed by atoms with E-state index >= 15 is 0 Å². The molecule has 7 nitrogen and oxygen atoms in total. The molecule has 9 heteroatoms. The first-order valence-corrected chi connectivity index (χ1v) is 9.61. The van der Waals surface area contributed by atoms with Gasteiger partial charge in [-0.05, 0) is 31.2 Å². The molecule has 0 amide bonds. The molecule has 0 saturated carbocycles. The number of guanidine groups is 1. The van der Waals surface area contributed by atoms with Gasteiger partial charge in [-0.2, -0.15) is 0 Å². The first-order valence-electron chi connectivity index (χ1n) is 8.13. The lowest BCUT2D eigenvalue weighted by Gasteiger charge is -2.13. The number of nitrogens with one attached hydrogen (secondary N) is 3. The molecule has 1 aromatic carbocycles. The molecule has 2 rings (SSSR count). The van der Waals surface area contributed by atoms with Gasteiger partial charge in [-0.15, -0.1) is 24.0 Å². The van der Waals surface area contributed by atoms with Gasteiger partial charge in [0.15, 0.2) is 5.96 Å². The molecule has 2 aromatic rings. The molecule has 3 N–H and O–H groups in total. The second-order valence-corrected chi connectivity index (χ2v) is 7.32. The van der Waals surface area contributed by atoms with Crippen LogP contribution in [0.5, 0.6) is 0 Å². The van der Waals surface area contributed by atoms with Crippen LogP contribution in [0.25, 0.3) is 0 Å². The third-order valence-electron chi connectivity index (χ3n) is 3.59. The van der Waals surface area contributed by atoms with Gasteiger partial charge in [0, 0.05) is 45.6 Å². The first-order chi connectivity index (χ1) is 12.0. The molecule has 0 aliphatic rings. The Morgan fingerprint density at radius 2 is 1.65 bits per heavy atom. The van der Waals surface area contributed by atoms with Crippen molar-refractivity contribution in [1.29, 1.82) is 0 Å². The third-order valence-corrected chi connectivity index (χ3v) is 5.07. The molecule has 0 bridgehead atoms. The van der Waals surface area contributed by atoms with Gasteiger partial charge in [0.25, 0.3) is 0 Å². The number of nitrogens with zero attached hydrogens (tertiary/aromatic N) is 2. The van der Waals surface area contributed by atoms with Gasteiger partial charge in [-0.1, -0.05) is 17.7 Å². The normalized spacial score (nSPS) is 11.7. The predicted octanol–water partition coefficient (Wildman–Crippen LogP) is 1.56. The number of aromatic nitrogens is 1. The highest BCUT2D eigenvalue weighted by Crippen LogP contribution is 2.09. The van der Waals surface area contributed by atoms with Gasteiger partial charge in [0.1, 0.15) is 0 Å². The lowest BCUT2D eigenvalue weighted by Crippen LogP contribution is -2.42. The zero-order valence-electron chi connectivity index (χ0n) is 15.0. The van der Waals surface area contributed by atoms with Crippen molar-refractivity contribution < 1.29 is 8.42 Å². The van der Waals surface area contributed by atoms with Crippen molar-refractivity contribution in [2.75, 3.05) is 26.7 Å². The average Bonchev–Trinajstić information content (AvgIpc) is 3.11. The van der Waals surface area contributed by atoms with Crippen LogP contribution in [0.1, 0.15) is 5.56 Å². The molecule has 26 heavy (non-hydrogen) atoms. The van der Waals surface area contributed by atoms with Crippen LogP contribution in [0.3, 0.4) is 0 Å². The number of rotatable bonds is 8. The van der Waals surface area contributed by atoms with E-state index < -0.39 is 10.0 Å². The fourth-order valence-electron chi connectivity index (χ4n) is 2.21. The van der Waals surface area contributed by atoms with E-state index in [2.05, 4.69) is 24.9 Å². The molecule has 0 aliphatic carbocycles. The summed E-state index contributed by atoms with van der Waals surface area (Å²) >= 11 is 0. The van der Waals surface area contributed by atoms with Crippen molar-refractivity contribution in [2.45, 2.75) is 18.4 Å². The zero-order valence-corrected chi connectivity index (χ0v) is 18.1. The number of aryl methyl sites for hydroxylation is 1. The SMILES string of the molecule is CN=C(NCCNS(=O)(=O)c1ccc(C)cc1)NCCn1cccc1.I. The highest BCUT2D eigenvalue weighted by molar-refractivity contribution is 14.0. The van der Waals surface area contributed by atoms with E-state index in [1.807, 2.05) is 31.5 Å². The number of aliphatic imine (C=N–C) groups is 1. The number of hydrogen-bond acceptors (Lipinski definition) is 3. The standard InChI is InChI=1S/C17H25N5O2S.HI/c1-15-5-7-16(8-6-15)25(23,24)21-10-9-19-17(18-2)20-11-14-22-12-3-4-13-22;/h3-8,12-13,21H,9-11,14H2,1-2H3,(H2,18,19,20);1H. The fourth-order valence-corrected chi connectivity index (χ4v) is 3.24. The summed E-state index contributed by atoms with van der Waals surface area (Å²) in [5, 5.41) is 6.27. The smallest absolute Gasteiger partial charge is 0.240 e. The molecule has 0 saturated heterocycles. The molecular weight excluding hydrogens is 465 g/mol. The van der Waals surface area contributed by atoms with E-state index in [1.165, 1.54) is 0 Å². The summed E-state index contributed by atoms with van der Waals surface area (Å²) in [7, 11) is -1.80. The fraction of sp³-hybridized carbons (Fsp3) is 0.353. The minimum atomic E-state index is -3.48. The maximum Gasteiger partial charge on any atom is 0.240 e. The van der Waals surface area contributed by atoms with Crippen LogP contribution in [-0.2, 0) is 16.6 Å². The number of hydrogen-bond donors (Lipinski definition) is 3. The van der Waals surface area contributed by atoms with Gasteiger partial charge in [-0.3, -0.25) is 4.99 Å². The Morgan fingerprint density at radius 3 is 2.27 bits per heavy atom. The molecule has 0 radical (unpaired) electrons. The van der Waals surface area contributed by atoms with Gasteiger partial charge < -0.3 is 15.2 Å². The van der Waals surface area contributed by atoms with Gasteiger partial charge in [0.05, 0.1) is 4.90 Å². The van der Waals surface area contributed by atoms with E-state index in [-0.39, 0.29) is 35.4 Å². The van der Waals surface area contributed by atoms with E-state index in [9.17, 15) is 8.42 Å².